The topological polar surface area (TPSA) is 17.1 Å². The van der Waals surface area contributed by atoms with E-state index in [1.165, 1.54) is 11.3 Å². The summed E-state index contributed by atoms with van der Waals surface area (Å²) in [4.78, 5) is 12.8. The largest absolute Gasteiger partial charge is 0.288 e. The molecule has 2 aromatic rings. The molecule has 2 rings (SSSR count). The first kappa shape index (κ1) is 12.1. The third-order valence-corrected chi connectivity index (χ3v) is 4.40. The Morgan fingerprint density at radius 2 is 2.00 bits per heavy atom. The SMILES string of the molecule is O=C(c1cc(Cl)ccc1Cl)c1sccc1Br. The molecule has 1 aromatic heterocycles. The lowest BCUT2D eigenvalue weighted by atomic mass is 10.1. The van der Waals surface area contributed by atoms with Crippen LogP contribution in [0.3, 0.4) is 0 Å². The average Bonchev–Trinajstić information content (AvgIpc) is 2.67. The molecule has 1 aromatic carbocycles. The zero-order valence-corrected chi connectivity index (χ0v) is 11.8. The predicted molar refractivity (Wildman–Crippen MR) is 71.9 cm³/mol. The van der Waals surface area contributed by atoms with E-state index in [4.69, 9.17) is 23.2 Å². The molecule has 0 aliphatic heterocycles. The maximum Gasteiger partial charge on any atom is 0.205 e. The first-order chi connectivity index (χ1) is 7.59. The van der Waals surface area contributed by atoms with Gasteiger partial charge in [0, 0.05) is 15.1 Å². The highest BCUT2D eigenvalue weighted by Crippen LogP contribution is 2.29. The summed E-state index contributed by atoms with van der Waals surface area (Å²) in [5, 5.41) is 2.76. The molecular formula is C11H5BrCl2OS. The summed E-state index contributed by atoms with van der Waals surface area (Å²) in [5.41, 5.74) is 0.428. The van der Waals surface area contributed by atoms with Gasteiger partial charge in [0.1, 0.15) is 0 Å². The molecule has 0 saturated carbocycles. The molecule has 0 atom stereocenters. The van der Waals surface area contributed by atoms with Gasteiger partial charge in [-0.1, -0.05) is 23.2 Å². The van der Waals surface area contributed by atoms with E-state index in [0.29, 0.717) is 20.5 Å². The molecule has 0 unspecified atom stereocenters. The second-order valence-electron chi connectivity index (χ2n) is 3.05. The lowest BCUT2D eigenvalue weighted by Crippen LogP contribution is -2.00. The van der Waals surface area contributed by atoms with E-state index < -0.39 is 0 Å². The third kappa shape index (κ3) is 2.33. The lowest BCUT2D eigenvalue weighted by Gasteiger charge is -2.02. The summed E-state index contributed by atoms with van der Waals surface area (Å²) in [6.07, 6.45) is 0. The number of benzene rings is 1. The fraction of sp³-hybridized carbons (Fsp3) is 0. The molecule has 82 valence electrons. The van der Waals surface area contributed by atoms with Crippen molar-refractivity contribution in [3.8, 4) is 0 Å². The minimum absolute atomic E-state index is 0.116. The summed E-state index contributed by atoms with van der Waals surface area (Å²) in [5.74, 6) is -0.116. The van der Waals surface area contributed by atoms with Gasteiger partial charge >= 0.3 is 0 Å². The minimum Gasteiger partial charge on any atom is -0.288 e. The first-order valence-corrected chi connectivity index (χ1v) is 6.75. The van der Waals surface area contributed by atoms with Crippen LogP contribution in [0, 0.1) is 0 Å². The summed E-state index contributed by atoms with van der Waals surface area (Å²) in [7, 11) is 0. The highest BCUT2D eigenvalue weighted by molar-refractivity contribution is 9.10. The molecular weight excluding hydrogens is 331 g/mol. The molecule has 0 bridgehead atoms. The van der Waals surface area contributed by atoms with Gasteiger partial charge in [-0.05, 0) is 45.6 Å². The Bertz CT molecular complexity index is 551. The van der Waals surface area contributed by atoms with Crippen molar-refractivity contribution in [1.82, 2.24) is 0 Å². The van der Waals surface area contributed by atoms with Crippen LogP contribution in [-0.4, -0.2) is 5.78 Å². The van der Waals surface area contributed by atoms with Gasteiger partial charge in [0.05, 0.1) is 9.90 Å². The van der Waals surface area contributed by atoms with E-state index >= 15 is 0 Å². The highest BCUT2D eigenvalue weighted by Gasteiger charge is 2.17. The smallest absolute Gasteiger partial charge is 0.205 e. The second-order valence-corrected chi connectivity index (χ2v) is 5.67. The van der Waals surface area contributed by atoms with E-state index in [1.807, 2.05) is 11.4 Å². The summed E-state index contributed by atoms with van der Waals surface area (Å²) < 4.78 is 0.776. The van der Waals surface area contributed by atoms with Crippen molar-refractivity contribution in [3.05, 3.63) is 54.6 Å². The summed E-state index contributed by atoms with van der Waals surface area (Å²) in [6.45, 7) is 0. The molecule has 1 nitrogen and oxygen atoms in total. The van der Waals surface area contributed by atoms with Crippen molar-refractivity contribution >= 4 is 56.3 Å². The molecule has 5 heteroatoms. The van der Waals surface area contributed by atoms with Crippen molar-refractivity contribution in [2.75, 3.05) is 0 Å². The molecule has 0 aliphatic carbocycles. The normalized spacial score (nSPS) is 10.4. The van der Waals surface area contributed by atoms with E-state index in [1.54, 1.807) is 18.2 Å². The van der Waals surface area contributed by atoms with Gasteiger partial charge in [-0.15, -0.1) is 11.3 Å². The molecule has 0 N–H and O–H groups in total. The quantitative estimate of drug-likeness (QED) is 0.702. The monoisotopic (exact) mass is 334 g/mol. The van der Waals surface area contributed by atoms with E-state index in [9.17, 15) is 4.79 Å². The zero-order valence-electron chi connectivity index (χ0n) is 7.84. The number of halogens is 3. The average molecular weight is 336 g/mol. The molecule has 1 heterocycles. The van der Waals surface area contributed by atoms with Crippen LogP contribution in [0.1, 0.15) is 15.2 Å². The van der Waals surface area contributed by atoms with Crippen molar-refractivity contribution in [2.45, 2.75) is 0 Å². The van der Waals surface area contributed by atoms with Gasteiger partial charge in [-0.2, -0.15) is 0 Å². The third-order valence-electron chi connectivity index (χ3n) is 2.00. The number of ketones is 1. The van der Waals surface area contributed by atoms with Crippen LogP contribution in [0.15, 0.2) is 34.1 Å². The van der Waals surface area contributed by atoms with Gasteiger partial charge in [0.15, 0.2) is 0 Å². The van der Waals surface area contributed by atoms with Crippen molar-refractivity contribution in [3.63, 3.8) is 0 Å². The highest BCUT2D eigenvalue weighted by atomic mass is 79.9. The number of hydrogen-bond donors (Lipinski definition) is 0. The predicted octanol–water partition coefficient (Wildman–Crippen LogP) is 5.05. The Morgan fingerprint density at radius 3 is 2.62 bits per heavy atom. The first-order valence-electron chi connectivity index (χ1n) is 4.32. The molecule has 0 amide bonds. The Morgan fingerprint density at radius 1 is 1.25 bits per heavy atom. The van der Waals surface area contributed by atoms with Crippen LogP contribution in [0.2, 0.25) is 10.0 Å². The summed E-state index contributed by atoms with van der Waals surface area (Å²) >= 11 is 16.5. The minimum atomic E-state index is -0.116. The van der Waals surface area contributed by atoms with Crippen molar-refractivity contribution in [2.24, 2.45) is 0 Å². The standard InChI is InChI=1S/C11H5BrCl2OS/c12-8-3-4-16-11(8)10(15)7-5-6(13)1-2-9(7)14/h1-5H. The number of rotatable bonds is 2. The van der Waals surface area contributed by atoms with Gasteiger partial charge in [0.25, 0.3) is 0 Å². The Kier molecular flexibility index (Phi) is 3.70. The Balaban J connectivity index is 2.49. The van der Waals surface area contributed by atoms with E-state index in [2.05, 4.69) is 15.9 Å². The maximum absolute atomic E-state index is 12.1. The maximum atomic E-state index is 12.1. The van der Waals surface area contributed by atoms with Gasteiger partial charge in [-0.25, -0.2) is 0 Å². The molecule has 0 fully saturated rings. The number of thiophene rings is 1. The molecule has 16 heavy (non-hydrogen) atoms. The van der Waals surface area contributed by atoms with Crippen molar-refractivity contribution < 1.29 is 4.79 Å². The number of carbonyl (C=O) groups is 1. The van der Waals surface area contributed by atoms with Gasteiger partial charge in [-0.3, -0.25) is 4.79 Å². The molecule has 0 radical (unpaired) electrons. The fourth-order valence-electron chi connectivity index (χ4n) is 1.25. The van der Waals surface area contributed by atoms with Crippen LogP contribution in [0.4, 0.5) is 0 Å². The van der Waals surface area contributed by atoms with Crippen LogP contribution < -0.4 is 0 Å². The lowest BCUT2D eigenvalue weighted by molar-refractivity contribution is 0.104. The fourth-order valence-corrected chi connectivity index (χ4v) is 3.13. The summed E-state index contributed by atoms with van der Waals surface area (Å²) in [6, 6.07) is 6.69. The van der Waals surface area contributed by atoms with Gasteiger partial charge in [0.2, 0.25) is 5.78 Å². The van der Waals surface area contributed by atoms with E-state index in [-0.39, 0.29) is 5.78 Å². The van der Waals surface area contributed by atoms with Crippen LogP contribution in [0.25, 0.3) is 0 Å². The molecule has 0 saturated heterocycles. The molecule has 0 spiro atoms. The van der Waals surface area contributed by atoms with Crippen LogP contribution in [0.5, 0.6) is 0 Å². The zero-order chi connectivity index (χ0) is 11.7. The number of hydrogen-bond acceptors (Lipinski definition) is 2. The van der Waals surface area contributed by atoms with E-state index in [0.717, 1.165) is 4.47 Å². The Labute approximate surface area is 115 Å². The van der Waals surface area contributed by atoms with Crippen LogP contribution >= 0.6 is 50.5 Å². The number of carbonyl (C=O) groups excluding carboxylic acids is 1. The Hall–Kier alpha value is -0.350. The van der Waals surface area contributed by atoms with Gasteiger partial charge < -0.3 is 0 Å². The van der Waals surface area contributed by atoms with Crippen LogP contribution in [-0.2, 0) is 0 Å². The van der Waals surface area contributed by atoms with Crippen molar-refractivity contribution in [1.29, 1.82) is 0 Å². The second kappa shape index (κ2) is 4.88. The molecule has 0 aliphatic rings.